The van der Waals surface area contributed by atoms with E-state index in [0.717, 1.165) is 5.56 Å². The van der Waals surface area contributed by atoms with Gasteiger partial charge in [-0.1, -0.05) is 6.07 Å². The summed E-state index contributed by atoms with van der Waals surface area (Å²) in [7, 11) is 1.51. The Hall–Kier alpha value is -2.01. The molecule has 0 radical (unpaired) electrons. The summed E-state index contributed by atoms with van der Waals surface area (Å²) < 4.78 is 18.2. The Kier molecular flexibility index (Phi) is 4.06. The van der Waals surface area contributed by atoms with E-state index in [4.69, 9.17) is 4.74 Å². The van der Waals surface area contributed by atoms with Gasteiger partial charge in [-0.05, 0) is 30.2 Å². The lowest BCUT2D eigenvalue weighted by molar-refractivity contribution is 0.176. The van der Waals surface area contributed by atoms with Crippen LogP contribution < -0.4 is 4.74 Å². The summed E-state index contributed by atoms with van der Waals surface area (Å²) in [5.74, 6) is 0.0769. The highest BCUT2D eigenvalue weighted by atomic mass is 19.1. The maximum absolute atomic E-state index is 13.2. The number of benzene rings is 1. The average Bonchev–Trinajstić information content (AvgIpc) is 2.41. The Morgan fingerprint density at radius 2 is 2.11 bits per heavy atom. The van der Waals surface area contributed by atoms with Crippen LogP contribution in [-0.4, -0.2) is 22.2 Å². The minimum atomic E-state index is -0.810. The molecule has 100 valence electrons. The Bertz CT molecular complexity index is 575. The quantitative estimate of drug-likeness (QED) is 0.917. The number of aliphatic hydroxyl groups is 1. The maximum atomic E-state index is 13.2. The zero-order chi connectivity index (χ0) is 13.8. The molecule has 0 spiro atoms. The van der Waals surface area contributed by atoms with E-state index in [0.29, 0.717) is 17.1 Å². The Labute approximate surface area is 110 Å². The van der Waals surface area contributed by atoms with E-state index < -0.39 is 6.10 Å². The van der Waals surface area contributed by atoms with E-state index in [-0.39, 0.29) is 12.2 Å². The maximum Gasteiger partial charge on any atom is 0.216 e. The molecule has 1 N–H and O–H groups in total. The second-order valence-corrected chi connectivity index (χ2v) is 4.27. The van der Waals surface area contributed by atoms with E-state index in [9.17, 15) is 9.50 Å². The highest BCUT2D eigenvalue weighted by Gasteiger charge is 2.13. The van der Waals surface area contributed by atoms with Gasteiger partial charge in [-0.15, -0.1) is 0 Å². The number of methoxy groups -OCH3 is 1. The first-order chi connectivity index (χ1) is 9.10. The molecule has 1 atom stereocenters. The van der Waals surface area contributed by atoms with Gasteiger partial charge in [0, 0.05) is 12.5 Å². The molecule has 0 bridgehead atoms. The van der Waals surface area contributed by atoms with Crippen LogP contribution in [0.4, 0.5) is 4.39 Å². The summed E-state index contributed by atoms with van der Waals surface area (Å²) in [5.41, 5.74) is 2.05. The second-order valence-electron chi connectivity index (χ2n) is 4.27. The van der Waals surface area contributed by atoms with Crippen LogP contribution in [0.5, 0.6) is 5.88 Å². The van der Waals surface area contributed by atoms with Crippen LogP contribution in [0.25, 0.3) is 0 Å². The fourth-order valence-corrected chi connectivity index (χ4v) is 1.88. The zero-order valence-corrected chi connectivity index (χ0v) is 10.8. The van der Waals surface area contributed by atoms with Crippen molar-refractivity contribution in [3.05, 3.63) is 53.2 Å². The third-order valence-corrected chi connectivity index (χ3v) is 2.91. The minimum absolute atomic E-state index is 0.281. The van der Waals surface area contributed by atoms with Crippen molar-refractivity contribution in [1.29, 1.82) is 0 Å². The number of rotatable bonds is 4. The fraction of sp³-hybridized carbons (Fsp3) is 0.286. The van der Waals surface area contributed by atoms with Gasteiger partial charge in [0.25, 0.3) is 0 Å². The lowest BCUT2D eigenvalue weighted by Crippen LogP contribution is -2.06. The van der Waals surface area contributed by atoms with Gasteiger partial charge in [-0.2, -0.15) is 0 Å². The summed E-state index contributed by atoms with van der Waals surface area (Å²) in [4.78, 5) is 7.95. The monoisotopic (exact) mass is 262 g/mol. The van der Waals surface area contributed by atoms with E-state index in [1.54, 1.807) is 12.1 Å². The molecule has 0 saturated heterocycles. The lowest BCUT2D eigenvalue weighted by Gasteiger charge is -2.13. The van der Waals surface area contributed by atoms with Crippen LogP contribution in [-0.2, 0) is 6.42 Å². The normalized spacial score (nSPS) is 12.2. The molecule has 0 saturated carbocycles. The molecular formula is C14H15FN2O2. The predicted molar refractivity (Wildman–Crippen MR) is 68.4 cm³/mol. The lowest BCUT2D eigenvalue weighted by atomic mass is 10.00. The number of ether oxygens (including phenoxy) is 1. The van der Waals surface area contributed by atoms with E-state index in [2.05, 4.69) is 9.97 Å². The van der Waals surface area contributed by atoms with Gasteiger partial charge in [0.05, 0.1) is 18.9 Å². The standard InChI is InChI=1S/C14H15FN2O2/c1-9-3-4-10(15)5-12(9)13(18)6-11-7-14(19-2)17-8-16-11/h3-5,7-8,13,18H,6H2,1-2H3. The zero-order valence-electron chi connectivity index (χ0n) is 10.8. The molecule has 1 aromatic carbocycles. The molecule has 5 heteroatoms. The topological polar surface area (TPSA) is 55.2 Å². The first-order valence-electron chi connectivity index (χ1n) is 5.89. The summed E-state index contributed by atoms with van der Waals surface area (Å²) >= 11 is 0. The van der Waals surface area contributed by atoms with Crippen LogP contribution in [0, 0.1) is 12.7 Å². The average molecular weight is 262 g/mol. The Morgan fingerprint density at radius 1 is 1.32 bits per heavy atom. The van der Waals surface area contributed by atoms with Crippen LogP contribution in [0.1, 0.15) is 22.9 Å². The molecule has 19 heavy (non-hydrogen) atoms. The molecule has 1 unspecified atom stereocenters. The van der Waals surface area contributed by atoms with Crippen molar-refractivity contribution >= 4 is 0 Å². The second kappa shape index (κ2) is 5.75. The smallest absolute Gasteiger partial charge is 0.216 e. The number of aryl methyl sites for hydroxylation is 1. The van der Waals surface area contributed by atoms with Gasteiger partial charge in [0.15, 0.2) is 0 Å². The van der Waals surface area contributed by atoms with Gasteiger partial charge in [-0.25, -0.2) is 14.4 Å². The molecule has 4 nitrogen and oxygen atoms in total. The van der Waals surface area contributed by atoms with Crippen molar-refractivity contribution in [2.24, 2.45) is 0 Å². The molecule has 2 aromatic rings. The van der Waals surface area contributed by atoms with E-state index >= 15 is 0 Å². The molecule has 0 fully saturated rings. The van der Waals surface area contributed by atoms with Crippen LogP contribution in [0.15, 0.2) is 30.6 Å². The van der Waals surface area contributed by atoms with Crippen molar-refractivity contribution in [1.82, 2.24) is 9.97 Å². The number of hydrogen-bond acceptors (Lipinski definition) is 4. The fourth-order valence-electron chi connectivity index (χ4n) is 1.88. The first kappa shape index (κ1) is 13.4. The highest BCUT2D eigenvalue weighted by Crippen LogP contribution is 2.22. The van der Waals surface area contributed by atoms with E-state index in [1.807, 2.05) is 6.92 Å². The minimum Gasteiger partial charge on any atom is -0.481 e. The van der Waals surface area contributed by atoms with Crippen molar-refractivity contribution in [2.75, 3.05) is 7.11 Å². The van der Waals surface area contributed by atoms with Crippen LogP contribution in [0.2, 0.25) is 0 Å². The first-order valence-corrected chi connectivity index (χ1v) is 5.89. The SMILES string of the molecule is COc1cc(CC(O)c2cc(F)ccc2C)ncn1. The van der Waals surface area contributed by atoms with Crippen LogP contribution >= 0.6 is 0 Å². The van der Waals surface area contributed by atoms with Gasteiger partial charge in [-0.3, -0.25) is 0 Å². The highest BCUT2D eigenvalue weighted by molar-refractivity contribution is 5.29. The largest absolute Gasteiger partial charge is 0.481 e. The summed E-state index contributed by atoms with van der Waals surface area (Å²) in [6.45, 7) is 1.83. The predicted octanol–water partition coefficient (Wildman–Crippen LogP) is 2.21. The molecule has 0 aliphatic rings. The molecule has 0 aliphatic heterocycles. The van der Waals surface area contributed by atoms with Gasteiger partial charge in [0.2, 0.25) is 5.88 Å². The summed E-state index contributed by atoms with van der Waals surface area (Å²) in [5, 5.41) is 10.2. The number of nitrogens with zero attached hydrogens (tertiary/aromatic N) is 2. The van der Waals surface area contributed by atoms with Crippen molar-refractivity contribution in [3.8, 4) is 5.88 Å². The van der Waals surface area contributed by atoms with Crippen molar-refractivity contribution in [3.63, 3.8) is 0 Å². The molecule has 1 aromatic heterocycles. The van der Waals surface area contributed by atoms with Gasteiger partial charge >= 0.3 is 0 Å². The molecule has 1 heterocycles. The Balaban J connectivity index is 2.20. The molecule has 2 rings (SSSR count). The summed E-state index contributed by atoms with van der Waals surface area (Å²) in [6.07, 6.45) is 0.845. The molecule has 0 amide bonds. The number of hydrogen-bond donors (Lipinski definition) is 1. The molecular weight excluding hydrogens is 247 g/mol. The third-order valence-electron chi connectivity index (χ3n) is 2.91. The van der Waals surface area contributed by atoms with Gasteiger partial charge in [0.1, 0.15) is 12.1 Å². The third kappa shape index (κ3) is 3.26. The number of aliphatic hydroxyl groups excluding tert-OH is 1. The number of halogens is 1. The molecule has 0 aliphatic carbocycles. The van der Waals surface area contributed by atoms with Crippen molar-refractivity contribution in [2.45, 2.75) is 19.4 Å². The van der Waals surface area contributed by atoms with E-state index in [1.165, 1.54) is 25.6 Å². The number of aromatic nitrogens is 2. The van der Waals surface area contributed by atoms with Gasteiger partial charge < -0.3 is 9.84 Å². The van der Waals surface area contributed by atoms with Crippen LogP contribution in [0.3, 0.4) is 0 Å². The summed E-state index contributed by atoms with van der Waals surface area (Å²) in [6, 6.07) is 6.02. The van der Waals surface area contributed by atoms with Crippen molar-refractivity contribution < 1.29 is 14.2 Å². The Morgan fingerprint density at radius 3 is 2.84 bits per heavy atom.